The Kier molecular flexibility index (Phi) is 5.04. The van der Waals surface area contributed by atoms with Crippen molar-refractivity contribution in [2.45, 2.75) is 20.8 Å². The first-order chi connectivity index (χ1) is 14.1. The van der Waals surface area contributed by atoms with Gasteiger partial charge in [0.1, 0.15) is 5.52 Å². The van der Waals surface area contributed by atoms with E-state index < -0.39 is 0 Å². The molecule has 4 aromatic rings. The van der Waals surface area contributed by atoms with E-state index in [4.69, 9.17) is 9.15 Å². The maximum atomic E-state index is 10.4. The molecule has 1 heterocycles. The minimum atomic E-state index is 0.0846. The van der Waals surface area contributed by atoms with Crippen LogP contribution in [0, 0.1) is 13.8 Å². The number of nitrogens with zero attached hydrogens (tertiary/aromatic N) is 2. The van der Waals surface area contributed by atoms with Gasteiger partial charge in [0.25, 0.3) is 0 Å². The average Bonchev–Trinajstić information content (AvgIpc) is 3.16. The minimum absolute atomic E-state index is 0.0846. The second-order valence-corrected chi connectivity index (χ2v) is 6.83. The van der Waals surface area contributed by atoms with E-state index in [0.717, 1.165) is 33.5 Å². The Morgan fingerprint density at radius 1 is 1.07 bits per heavy atom. The normalized spacial score (nSPS) is 11.4. The molecule has 0 radical (unpaired) electrons. The number of fused-ring (bicyclic) bond motifs is 1. The average molecular weight is 386 g/mol. The van der Waals surface area contributed by atoms with Gasteiger partial charge in [-0.3, -0.25) is 4.99 Å². The van der Waals surface area contributed by atoms with Crippen LogP contribution in [0.1, 0.15) is 23.6 Å². The number of aliphatic imine (C=N–C) groups is 1. The van der Waals surface area contributed by atoms with Crippen molar-refractivity contribution in [2.75, 3.05) is 6.61 Å². The van der Waals surface area contributed by atoms with Crippen molar-refractivity contribution in [3.63, 3.8) is 0 Å². The zero-order valence-electron chi connectivity index (χ0n) is 16.6. The third-order valence-corrected chi connectivity index (χ3v) is 4.75. The molecule has 0 amide bonds. The number of aromatic nitrogens is 1. The topological polar surface area (TPSA) is 67.9 Å². The molecule has 0 atom stereocenters. The van der Waals surface area contributed by atoms with Gasteiger partial charge in [0.2, 0.25) is 5.89 Å². The lowest BCUT2D eigenvalue weighted by Crippen LogP contribution is -1.93. The van der Waals surface area contributed by atoms with Gasteiger partial charge in [-0.1, -0.05) is 24.3 Å². The van der Waals surface area contributed by atoms with E-state index in [1.54, 1.807) is 18.3 Å². The van der Waals surface area contributed by atoms with Crippen molar-refractivity contribution < 1.29 is 14.3 Å². The highest BCUT2D eigenvalue weighted by atomic mass is 16.5. The monoisotopic (exact) mass is 386 g/mol. The van der Waals surface area contributed by atoms with Crippen LogP contribution < -0.4 is 4.74 Å². The molecule has 3 aromatic carbocycles. The molecular formula is C24H22N2O3. The third-order valence-electron chi connectivity index (χ3n) is 4.75. The quantitative estimate of drug-likeness (QED) is 0.429. The number of aromatic hydroxyl groups is 1. The number of hydrogen-bond acceptors (Lipinski definition) is 5. The molecule has 1 aromatic heterocycles. The summed E-state index contributed by atoms with van der Waals surface area (Å²) in [6, 6.07) is 17.2. The molecule has 5 heteroatoms. The van der Waals surface area contributed by atoms with Crippen LogP contribution in [-0.2, 0) is 0 Å². The van der Waals surface area contributed by atoms with E-state index in [9.17, 15) is 5.11 Å². The smallest absolute Gasteiger partial charge is 0.227 e. The maximum absolute atomic E-state index is 10.4. The molecule has 0 saturated carbocycles. The number of hydrogen-bond donors (Lipinski definition) is 1. The van der Waals surface area contributed by atoms with E-state index in [2.05, 4.69) is 9.98 Å². The van der Waals surface area contributed by atoms with E-state index in [0.29, 0.717) is 23.8 Å². The second-order valence-electron chi connectivity index (χ2n) is 6.83. The highest BCUT2D eigenvalue weighted by Crippen LogP contribution is 2.32. The van der Waals surface area contributed by atoms with Gasteiger partial charge in [0.15, 0.2) is 17.1 Å². The molecule has 0 saturated heterocycles. The number of benzene rings is 3. The summed E-state index contributed by atoms with van der Waals surface area (Å²) in [6.45, 7) is 6.37. The van der Waals surface area contributed by atoms with Crippen LogP contribution in [0.3, 0.4) is 0 Å². The van der Waals surface area contributed by atoms with Crippen LogP contribution in [-0.4, -0.2) is 22.9 Å². The largest absolute Gasteiger partial charge is 0.504 e. The molecule has 0 fully saturated rings. The van der Waals surface area contributed by atoms with Crippen molar-refractivity contribution in [2.24, 2.45) is 4.99 Å². The van der Waals surface area contributed by atoms with Gasteiger partial charge in [0, 0.05) is 17.3 Å². The Hall–Kier alpha value is -3.60. The fraction of sp³-hybridized carbons (Fsp3) is 0.167. The highest BCUT2D eigenvalue weighted by molar-refractivity contribution is 5.87. The molecule has 0 unspecified atom stereocenters. The molecule has 0 aliphatic carbocycles. The Bertz CT molecular complexity index is 1210. The van der Waals surface area contributed by atoms with Crippen LogP contribution in [0.4, 0.5) is 5.69 Å². The summed E-state index contributed by atoms with van der Waals surface area (Å²) in [6.07, 6.45) is 1.64. The van der Waals surface area contributed by atoms with Crippen molar-refractivity contribution >= 4 is 23.0 Å². The van der Waals surface area contributed by atoms with Crippen LogP contribution in [0.5, 0.6) is 11.5 Å². The number of phenols is 1. The first-order valence-corrected chi connectivity index (χ1v) is 9.53. The summed E-state index contributed by atoms with van der Waals surface area (Å²) in [4.78, 5) is 9.23. The van der Waals surface area contributed by atoms with Gasteiger partial charge in [-0.05, 0) is 62.2 Å². The Balaban J connectivity index is 1.69. The van der Waals surface area contributed by atoms with Crippen molar-refractivity contribution in [1.29, 1.82) is 0 Å². The number of rotatable bonds is 5. The standard InChI is InChI=1S/C24H22N2O3/c1-4-28-21-10-6-8-18(23(21)27)14-25-19-13-17(12-11-15(19)2)24-26-22-16(3)7-5-9-20(22)29-24/h5-14,27H,4H2,1-3H3. The molecule has 4 rings (SSSR count). The third kappa shape index (κ3) is 3.72. The summed E-state index contributed by atoms with van der Waals surface area (Å²) < 4.78 is 11.4. The van der Waals surface area contributed by atoms with Crippen molar-refractivity contribution in [1.82, 2.24) is 4.98 Å². The Morgan fingerprint density at radius 2 is 1.90 bits per heavy atom. The van der Waals surface area contributed by atoms with Gasteiger partial charge >= 0.3 is 0 Å². The molecule has 5 nitrogen and oxygen atoms in total. The fourth-order valence-electron chi connectivity index (χ4n) is 3.15. The number of ether oxygens (including phenoxy) is 1. The minimum Gasteiger partial charge on any atom is -0.504 e. The number of phenolic OH excluding ortho intramolecular Hbond substituents is 1. The lowest BCUT2D eigenvalue weighted by molar-refractivity contribution is 0.318. The van der Waals surface area contributed by atoms with Gasteiger partial charge in [-0.2, -0.15) is 0 Å². The molecule has 29 heavy (non-hydrogen) atoms. The number of oxazole rings is 1. The molecule has 0 aliphatic rings. The Labute approximate surface area is 169 Å². The van der Waals surface area contributed by atoms with Gasteiger partial charge < -0.3 is 14.3 Å². The zero-order valence-corrected chi connectivity index (χ0v) is 16.6. The summed E-state index contributed by atoms with van der Waals surface area (Å²) in [5, 5.41) is 10.4. The predicted molar refractivity (Wildman–Crippen MR) is 115 cm³/mol. The fourth-order valence-corrected chi connectivity index (χ4v) is 3.15. The maximum Gasteiger partial charge on any atom is 0.227 e. The lowest BCUT2D eigenvalue weighted by Gasteiger charge is -2.07. The number of aryl methyl sites for hydroxylation is 2. The van der Waals surface area contributed by atoms with E-state index in [1.165, 1.54) is 0 Å². The molecule has 1 N–H and O–H groups in total. The van der Waals surface area contributed by atoms with Crippen molar-refractivity contribution in [3.05, 3.63) is 71.3 Å². The lowest BCUT2D eigenvalue weighted by atomic mass is 10.1. The molecular weight excluding hydrogens is 364 g/mol. The summed E-state index contributed by atoms with van der Waals surface area (Å²) in [7, 11) is 0. The molecule has 0 spiro atoms. The van der Waals surface area contributed by atoms with Crippen molar-refractivity contribution in [3.8, 4) is 23.0 Å². The molecule has 146 valence electrons. The summed E-state index contributed by atoms with van der Waals surface area (Å²) in [5.41, 5.74) is 5.95. The van der Waals surface area contributed by atoms with Gasteiger partial charge in [0.05, 0.1) is 12.3 Å². The first kappa shape index (κ1) is 18.7. The number of para-hydroxylation sites is 2. The SMILES string of the molecule is CCOc1cccc(C=Nc2cc(-c3nc4c(C)cccc4o3)ccc2C)c1O. The van der Waals surface area contributed by atoms with Gasteiger partial charge in [-0.25, -0.2) is 4.98 Å². The van der Waals surface area contributed by atoms with E-state index in [1.807, 2.05) is 63.2 Å². The van der Waals surface area contributed by atoms with Crippen LogP contribution in [0.25, 0.3) is 22.6 Å². The second kappa shape index (κ2) is 7.80. The van der Waals surface area contributed by atoms with Crippen LogP contribution in [0.15, 0.2) is 64.0 Å². The van der Waals surface area contributed by atoms with E-state index in [-0.39, 0.29) is 5.75 Å². The highest BCUT2D eigenvalue weighted by Gasteiger charge is 2.11. The summed E-state index contributed by atoms with van der Waals surface area (Å²) >= 11 is 0. The van der Waals surface area contributed by atoms with Crippen LogP contribution >= 0.6 is 0 Å². The molecule has 0 bridgehead atoms. The Morgan fingerprint density at radius 3 is 2.69 bits per heavy atom. The van der Waals surface area contributed by atoms with Crippen LogP contribution in [0.2, 0.25) is 0 Å². The first-order valence-electron chi connectivity index (χ1n) is 9.53. The predicted octanol–water partition coefficient (Wildman–Crippen LogP) is 5.97. The zero-order chi connectivity index (χ0) is 20.4. The summed E-state index contributed by atoms with van der Waals surface area (Å²) in [5.74, 6) is 1.09. The van der Waals surface area contributed by atoms with E-state index >= 15 is 0 Å². The van der Waals surface area contributed by atoms with Gasteiger partial charge in [-0.15, -0.1) is 0 Å². The molecule has 0 aliphatic heterocycles.